The second-order valence-corrected chi connectivity index (χ2v) is 10.3. The van der Waals surface area contributed by atoms with Gasteiger partial charge >= 0.3 is 6.18 Å². The Hall–Kier alpha value is -2.00. The normalized spacial score (nSPS) is 20.2. The molecule has 0 aromatic heterocycles. The number of carbonyl (C=O) groups excluding carboxylic acids is 2. The van der Waals surface area contributed by atoms with Crippen molar-refractivity contribution in [2.75, 3.05) is 19.6 Å². The van der Waals surface area contributed by atoms with Crippen molar-refractivity contribution in [2.45, 2.75) is 47.6 Å². The van der Waals surface area contributed by atoms with Gasteiger partial charge in [0.1, 0.15) is 0 Å². The molecule has 1 saturated carbocycles. The Morgan fingerprint density at radius 1 is 1.18 bits per heavy atom. The molecule has 0 bridgehead atoms. The van der Waals surface area contributed by atoms with Gasteiger partial charge in [-0.15, -0.1) is 0 Å². The maximum atomic E-state index is 13.8. The maximum absolute atomic E-state index is 13.8. The predicted molar refractivity (Wildman–Crippen MR) is 124 cm³/mol. The van der Waals surface area contributed by atoms with Crippen molar-refractivity contribution in [3.8, 4) is 0 Å². The Kier molecular flexibility index (Phi) is 7.38. The number of hydrogen-bond acceptors (Lipinski definition) is 3. The molecule has 2 aliphatic rings. The Balaban J connectivity index is 1.36. The molecular weight excluding hydrogens is 517 g/mol. The number of nitrogens with one attached hydrogen (secondary N) is 1. The van der Waals surface area contributed by atoms with Crippen LogP contribution in [-0.2, 0) is 15.8 Å². The zero-order valence-corrected chi connectivity index (χ0v) is 20.2. The highest BCUT2D eigenvalue weighted by Gasteiger charge is 2.45. The summed E-state index contributed by atoms with van der Waals surface area (Å²) < 4.78 is 42.1. The summed E-state index contributed by atoms with van der Waals surface area (Å²) in [7, 11) is 0. The lowest BCUT2D eigenvalue weighted by atomic mass is 10.0. The summed E-state index contributed by atoms with van der Waals surface area (Å²) in [5.41, 5.74) is -0.135. The van der Waals surface area contributed by atoms with Crippen LogP contribution in [0, 0.1) is 5.92 Å². The van der Waals surface area contributed by atoms with E-state index in [0.717, 1.165) is 29.2 Å². The van der Waals surface area contributed by atoms with E-state index in [2.05, 4.69) is 21.2 Å². The molecule has 4 rings (SSSR count). The van der Waals surface area contributed by atoms with Crippen LogP contribution in [0.1, 0.15) is 42.7 Å². The molecule has 2 atom stereocenters. The fourth-order valence-electron chi connectivity index (χ4n) is 4.14. The van der Waals surface area contributed by atoms with E-state index in [-0.39, 0.29) is 28.5 Å². The zero-order valence-electron chi connectivity index (χ0n) is 17.8. The second kappa shape index (κ2) is 10.1. The number of halogens is 4. The average molecular weight is 541 g/mol. The third-order valence-electron chi connectivity index (χ3n) is 6.00. The summed E-state index contributed by atoms with van der Waals surface area (Å²) in [4.78, 5) is 26.7. The van der Waals surface area contributed by atoms with Gasteiger partial charge in [-0.1, -0.05) is 30.0 Å². The SMILES string of the molecule is O=C(NCCCN1CCCC1=O)C1CC1c1ccc(Sc2ccccc2Br)c(C(F)(F)F)c1. The number of likely N-dealkylation sites (tertiary alicyclic amines) is 1. The molecule has 2 fully saturated rings. The molecular formula is C24H24BrF3N2O2S. The highest BCUT2D eigenvalue weighted by molar-refractivity contribution is 9.10. The summed E-state index contributed by atoms with van der Waals surface area (Å²) in [6, 6.07) is 11.5. The van der Waals surface area contributed by atoms with Gasteiger partial charge in [0.2, 0.25) is 11.8 Å². The van der Waals surface area contributed by atoms with E-state index in [4.69, 9.17) is 0 Å². The van der Waals surface area contributed by atoms with E-state index < -0.39 is 11.7 Å². The van der Waals surface area contributed by atoms with E-state index >= 15 is 0 Å². The lowest BCUT2D eigenvalue weighted by Gasteiger charge is -2.15. The van der Waals surface area contributed by atoms with Gasteiger partial charge < -0.3 is 10.2 Å². The van der Waals surface area contributed by atoms with Crippen LogP contribution in [0.4, 0.5) is 13.2 Å². The summed E-state index contributed by atoms with van der Waals surface area (Å²) in [6.45, 7) is 1.86. The number of benzene rings is 2. The van der Waals surface area contributed by atoms with Gasteiger partial charge in [-0.25, -0.2) is 0 Å². The molecule has 2 aromatic carbocycles. The summed E-state index contributed by atoms with van der Waals surface area (Å²) in [5.74, 6) is -0.478. The van der Waals surface area contributed by atoms with Gasteiger partial charge in [0.25, 0.3) is 0 Å². The van der Waals surface area contributed by atoms with Crippen LogP contribution in [0.5, 0.6) is 0 Å². The smallest absolute Gasteiger partial charge is 0.356 e. The fraction of sp³-hybridized carbons (Fsp3) is 0.417. The summed E-state index contributed by atoms with van der Waals surface area (Å²) in [5, 5.41) is 2.87. The standard InChI is InChI=1S/C24H24BrF3N2O2S/c25-19-5-1-2-6-21(19)33-20-9-8-15(13-18(20)24(26,27)28)16-14-17(16)23(32)29-10-4-12-30-11-3-7-22(30)31/h1-2,5-6,8-9,13,16-17H,3-4,7,10-12,14H2,(H,29,32). The van der Waals surface area contributed by atoms with Gasteiger partial charge in [0.05, 0.1) is 5.56 Å². The van der Waals surface area contributed by atoms with Crippen LogP contribution in [-0.4, -0.2) is 36.3 Å². The van der Waals surface area contributed by atoms with Gasteiger partial charge in [0, 0.05) is 46.2 Å². The second-order valence-electron chi connectivity index (χ2n) is 8.36. The van der Waals surface area contributed by atoms with Gasteiger partial charge in [0.15, 0.2) is 0 Å². The number of alkyl halides is 3. The molecule has 2 aromatic rings. The third-order valence-corrected chi connectivity index (χ3v) is 8.10. The molecule has 1 aliphatic heterocycles. The van der Waals surface area contributed by atoms with Crippen molar-refractivity contribution >= 4 is 39.5 Å². The summed E-state index contributed by atoms with van der Waals surface area (Å²) >= 11 is 4.45. The Bertz CT molecular complexity index is 1050. The van der Waals surface area contributed by atoms with Crippen LogP contribution in [0.2, 0.25) is 0 Å². The first-order chi connectivity index (χ1) is 15.7. The highest BCUT2D eigenvalue weighted by Crippen LogP contribution is 2.50. The molecule has 0 spiro atoms. The van der Waals surface area contributed by atoms with Gasteiger partial charge in [-0.05, 0) is 70.9 Å². The molecule has 1 saturated heterocycles. The monoisotopic (exact) mass is 540 g/mol. The van der Waals surface area contributed by atoms with E-state index in [1.165, 1.54) is 12.1 Å². The number of nitrogens with zero attached hydrogens (tertiary/aromatic N) is 1. The lowest BCUT2D eigenvalue weighted by Crippen LogP contribution is -2.31. The number of rotatable bonds is 8. The minimum Gasteiger partial charge on any atom is -0.356 e. The van der Waals surface area contributed by atoms with Crippen LogP contribution < -0.4 is 5.32 Å². The van der Waals surface area contributed by atoms with Crippen LogP contribution in [0.3, 0.4) is 0 Å². The molecule has 0 radical (unpaired) electrons. The quantitative estimate of drug-likeness (QED) is 0.427. The van der Waals surface area contributed by atoms with Crippen molar-refractivity contribution in [1.82, 2.24) is 10.2 Å². The summed E-state index contributed by atoms with van der Waals surface area (Å²) in [6.07, 6.45) is -1.79. The largest absolute Gasteiger partial charge is 0.417 e. The minimum atomic E-state index is -4.49. The predicted octanol–water partition coefficient (Wildman–Crippen LogP) is 5.85. The Morgan fingerprint density at radius 2 is 1.97 bits per heavy atom. The lowest BCUT2D eigenvalue weighted by molar-refractivity contribution is -0.139. The number of carbonyl (C=O) groups is 2. The van der Waals surface area contributed by atoms with Crippen molar-refractivity contribution in [3.63, 3.8) is 0 Å². The van der Waals surface area contributed by atoms with Gasteiger partial charge in [-0.2, -0.15) is 13.2 Å². The number of amides is 2. The topological polar surface area (TPSA) is 49.4 Å². The molecule has 176 valence electrons. The average Bonchev–Trinajstić information content (AvgIpc) is 3.47. The highest BCUT2D eigenvalue weighted by atomic mass is 79.9. The maximum Gasteiger partial charge on any atom is 0.417 e. The Morgan fingerprint density at radius 3 is 2.67 bits per heavy atom. The first-order valence-corrected chi connectivity index (χ1v) is 12.5. The van der Waals surface area contributed by atoms with Crippen molar-refractivity contribution in [1.29, 1.82) is 0 Å². The van der Waals surface area contributed by atoms with E-state index in [9.17, 15) is 22.8 Å². The van der Waals surface area contributed by atoms with Crippen LogP contribution >= 0.6 is 27.7 Å². The van der Waals surface area contributed by atoms with Crippen LogP contribution in [0.15, 0.2) is 56.7 Å². The van der Waals surface area contributed by atoms with Crippen molar-refractivity contribution in [3.05, 3.63) is 58.1 Å². The third kappa shape index (κ3) is 5.93. The van der Waals surface area contributed by atoms with E-state index in [1.54, 1.807) is 29.2 Å². The van der Waals surface area contributed by atoms with E-state index in [1.807, 2.05) is 6.07 Å². The number of hydrogen-bond donors (Lipinski definition) is 1. The molecule has 9 heteroatoms. The first-order valence-electron chi connectivity index (χ1n) is 10.9. The molecule has 2 unspecified atom stereocenters. The van der Waals surface area contributed by atoms with Gasteiger partial charge in [-0.3, -0.25) is 9.59 Å². The molecule has 4 nitrogen and oxygen atoms in total. The fourth-order valence-corrected chi connectivity index (χ4v) is 5.64. The first kappa shape index (κ1) is 24.1. The van der Waals surface area contributed by atoms with Crippen molar-refractivity contribution < 1.29 is 22.8 Å². The van der Waals surface area contributed by atoms with E-state index in [0.29, 0.717) is 42.8 Å². The van der Waals surface area contributed by atoms with Crippen molar-refractivity contribution in [2.24, 2.45) is 5.92 Å². The molecule has 1 N–H and O–H groups in total. The molecule has 1 heterocycles. The Labute approximate surface area is 203 Å². The molecule has 33 heavy (non-hydrogen) atoms. The zero-order chi connectivity index (χ0) is 23.6. The minimum absolute atomic E-state index is 0.132. The van der Waals surface area contributed by atoms with Crippen LogP contribution in [0.25, 0.3) is 0 Å². The molecule has 1 aliphatic carbocycles. The molecule has 2 amide bonds.